The molecule has 1 rings (SSSR count). The number of hydrogen-bond acceptors (Lipinski definition) is 2. The lowest BCUT2D eigenvalue weighted by Crippen LogP contribution is -2.56. The van der Waals surface area contributed by atoms with E-state index in [4.69, 9.17) is 4.74 Å². The van der Waals surface area contributed by atoms with Crippen LogP contribution in [0.1, 0.15) is 39.4 Å². The summed E-state index contributed by atoms with van der Waals surface area (Å²) in [5, 5.41) is 0.330. The molecule has 1 aromatic carbocycles. The molecule has 0 aliphatic carbocycles. The molecule has 0 aliphatic heterocycles. The Morgan fingerprint density at radius 3 is 2.05 bits per heavy atom. The largest absolute Gasteiger partial charge is 0.375 e. The fourth-order valence-corrected chi connectivity index (χ4v) is 3.86. The van der Waals surface area contributed by atoms with Crippen molar-refractivity contribution in [2.75, 3.05) is 7.11 Å². The van der Waals surface area contributed by atoms with Crippen molar-refractivity contribution in [1.29, 1.82) is 0 Å². The minimum absolute atomic E-state index is 0.107. The number of benzene rings is 1. The molecule has 0 amide bonds. The van der Waals surface area contributed by atoms with Crippen molar-refractivity contribution in [3.8, 4) is 0 Å². The predicted octanol–water partition coefficient (Wildman–Crippen LogP) is 4.36. The fraction of sp³-hybridized carbons (Fsp3) is 0.625. The van der Waals surface area contributed by atoms with Gasteiger partial charge in [0, 0.05) is 13.2 Å². The van der Waals surface area contributed by atoms with E-state index in [9.17, 15) is 0 Å². The molecular formula is C16H29NOSi. The molecule has 0 bridgehead atoms. The Bertz CT molecular complexity index is 383. The van der Waals surface area contributed by atoms with E-state index in [1.54, 1.807) is 7.11 Å². The molecule has 0 spiro atoms. The minimum atomic E-state index is -1.51. The molecule has 108 valence electrons. The average molecular weight is 280 g/mol. The Morgan fingerprint density at radius 2 is 1.63 bits per heavy atom. The third-order valence-corrected chi connectivity index (χ3v) is 9.23. The van der Waals surface area contributed by atoms with Gasteiger partial charge >= 0.3 is 0 Å². The van der Waals surface area contributed by atoms with Gasteiger partial charge in [-0.25, -0.2) is 0 Å². The normalized spacial score (nSPS) is 16.2. The summed E-state index contributed by atoms with van der Waals surface area (Å²) in [5.41, 5.74) is 1.24. The standard InChI is InChI=1S/C16H29NOSi/c1-13(17-19(6,7)16(2,3)4)15(18-5)14-11-9-8-10-12-14/h8-13,15,17H,1-7H3/t13-,15-/m0/s1. The smallest absolute Gasteiger partial charge is 0.125 e. The molecule has 0 aliphatic rings. The minimum Gasteiger partial charge on any atom is -0.375 e. The van der Waals surface area contributed by atoms with Crippen LogP contribution in [0.25, 0.3) is 0 Å². The molecule has 0 fully saturated rings. The second kappa shape index (κ2) is 6.20. The first kappa shape index (κ1) is 16.4. The van der Waals surface area contributed by atoms with Crippen LogP contribution in [-0.4, -0.2) is 21.4 Å². The van der Waals surface area contributed by atoms with Crippen molar-refractivity contribution in [3.05, 3.63) is 35.9 Å². The van der Waals surface area contributed by atoms with Crippen LogP contribution in [0.3, 0.4) is 0 Å². The van der Waals surface area contributed by atoms with Crippen molar-refractivity contribution in [2.24, 2.45) is 0 Å². The van der Waals surface area contributed by atoms with Crippen molar-refractivity contribution in [1.82, 2.24) is 4.98 Å². The van der Waals surface area contributed by atoms with E-state index in [2.05, 4.69) is 70.0 Å². The van der Waals surface area contributed by atoms with Gasteiger partial charge in [0.05, 0.1) is 6.10 Å². The van der Waals surface area contributed by atoms with Gasteiger partial charge in [-0.05, 0) is 17.5 Å². The number of rotatable bonds is 5. The summed E-state index contributed by atoms with van der Waals surface area (Å²) in [7, 11) is 0.283. The Balaban J connectivity index is 2.84. The van der Waals surface area contributed by atoms with Crippen molar-refractivity contribution in [2.45, 2.75) is 58.0 Å². The summed E-state index contributed by atoms with van der Waals surface area (Å²) < 4.78 is 5.72. The lowest BCUT2D eigenvalue weighted by Gasteiger charge is -2.41. The van der Waals surface area contributed by atoms with E-state index in [1.807, 2.05) is 6.07 Å². The van der Waals surface area contributed by atoms with Crippen LogP contribution in [0.15, 0.2) is 30.3 Å². The van der Waals surface area contributed by atoms with Crippen molar-refractivity contribution < 1.29 is 4.74 Å². The highest BCUT2D eigenvalue weighted by molar-refractivity contribution is 6.77. The molecule has 1 aromatic rings. The fourth-order valence-electron chi connectivity index (χ4n) is 2.13. The molecule has 0 unspecified atom stereocenters. The van der Waals surface area contributed by atoms with E-state index < -0.39 is 8.24 Å². The Morgan fingerprint density at radius 1 is 1.11 bits per heavy atom. The summed E-state index contributed by atoms with van der Waals surface area (Å²) in [6, 6.07) is 10.8. The molecule has 0 heterocycles. The molecule has 1 N–H and O–H groups in total. The number of methoxy groups -OCH3 is 1. The summed E-state index contributed by atoms with van der Waals surface area (Å²) in [4.78, 5) is 3.86. The topological polar surface area (TPSA) is 21.3 Å². The first-order valence-corrected chi connectivity index (χ1v) is 10.0. The number of ether oxygens (including phenoxy) is 1. The maximum atomic E-state index is 5.72. The average Bonchev–Trinajstić information content (AvgIpc) is 2.29. The highest BCUT2D eigenvalue weighted by Crippen LogP contribution is 2.35. The van der Waals surface area contributed by atoms with Gasteiger partial charge in [-0.15, -0.1) is 0 Å². The van der Waals surface area contributed by atoms with Gasteiger partial charge in [0.15, 0.2) is 0 Å². The zero-order chi connectivity index (χ0) is 14.7. The molecule has 0 aromatic heterocycles. The molecule has 0 saturated heterocycles. The second-order valence-corrected chi connectivity index (χ2v) is 11.9. The molecule has 0 saturated carbocycles. The first-order chi connectivity index (χ1) is 8.69. The second-order valence-electron chi connectivity index (χ2n) is 6.87. The van der Waals surface area contributed by atoms with Gasteiger partial charge < -0.3 is 9.72 Å². The van der Waals surface area contributed by atoms with E-state index >= 15 is 0 Å². The Labute approximate surface area is 119 Å². The number of nitrogens with one attached hydrogen (secondary N) is 1. The summed E-state index contributed by atoms with van der Waals surface area (Å²) >= 11 is 0. The lowest BCUT2D eigenvalue weighted by molar-refractivity contribution is 0.0794. The van der Waals surface area contributed by atoms with Gasteiger partial charge in [-0.2, -0.15) is 0 Å². The quantitative estimate of drug-likeness (QED) is 0.809. The summed E-state index contributed by atoms with van der Waals surface area (Å²) in [6.45, 7) is 14.0. The van der Waals surface area contributed by atoms with Crippen LogP contribution >= 0.6 is 0 Å². The van der Waals surface area contributed by atoms with E-state index in [-0.39, 0.29) is 6.10 Å². The Hall–Kier alpha value is -0.643. The van der Waals surface area contributed by atoms with Gasteiger partial charge in [0.25, 0.3) is 0 Å². The SMILES string of the molecule is CO[C@H](c1ccccc1)[C@H](C)N[Si](C)(C)C(C)(C)C. The zero-order valence-corrected chi connectivity index (χ0v) is 14.4. The van der Waals surface area contributed by atoms with Crippen LogP contribution in [0, 0.1) is 0 Å². The molecule has 2 nitrogen and oxygen atoms in total. The van der Waals surface area contributed by atoms with Crippen LogP contribution in [0.5, 0.6) is 0 Å². The van der Waals surface area contributed by atoms with Crippen LogP contribution < -0.4 is 4.98 Å². The molecule has 0 radical (unpaired) electrons. The van der Waals surface area contributed by atoms with Crippen LogP contribution in [-0.2, 0) is 4.74 Å². The monoisotopic (exact) mass is 279 g/mol. The third kappa shape index (κ3) is 4.16. The molecule has 3 heteroatoms. The summed E-state index contributed by atoms with van der Waals surface area (Å²) in [5.74, 6) is 0. The van der Waals surface area contributed by atoms with Crippen molar-refractivity contribution >= 4 is 8.24 Å². The van der Waals surface area contributed by atoms with Crippen LogP contribution in [0.4, 0.5) is 0 Å². The maximum Gasteiger partial charge on any atom is 0.125 e. The zero-order valence-electron chi connectivity index (χ0n) is 13.4. The first-order valence-electron chi connectivity index (χ1n) is 7.04. The van der Waals surface area contributed by atoms with Gasteiger partial charge in [-0.1, -0.05) is 64.2 Å². The highest BCUT2D eigenvalue weighted by atomic mass is 28.3. The predicted molar refractivity (Wildman–Crippen MR) is 86.0 cm³/mol. The van der Waals surface area contributed by atoms with Crippen molar-refractivity contribution in [3.63, 3.8) is 0 Å². The van der Waals surface area contributed by atoms with E-state index in [1.165, 1.54) is 5.56 Å². The van der Waals surface area contributed by atoms with Crippen LogP contribution in [0.2, 0.25) is 18.1 Å². The van der Waals surface area contributed by atoms with Gasteiger partial charge in [-0.3, -0.25) is 0 Å². The third-order valence-electron chi connectivity index (χ3n) is 4.30. The van der Waals surface area contributed by atoms with Gasteiger partial charge in [0.1, 0.15) is 8.24 Å². The molecular weight excluding hydrogens is 250 g/mol. The Kier molecular flexibility index (Phi) is 5.36. The van der Waals surface area contributed by atoms with E-state index in [0.29, 0.717) is 11.1 Å². The maximum absolute atomic E-state index is 5.72. The molecule has 19 heavy (non-hydrogen) atoms. The lowest BCUT2D eigenvalue weighted by atomic mass is 10.0. The summed E-state index contributed by atoms with van der Waals surface area (Å²) in [6.07, 6.45) is 0.107. The molecule has 2 atom stereocenters. The number of hydrogen-bond donors (Lipinski definition) is 1. The van der Waals surface area contributed by atoms with E-state index in [0.717, 1.165) is 0 Å². The highest BCUT2D eigenvalue weighted by Gasteiger charge is 2.37. The van der Waals surface area contributed by atoms with Gasteiger partial charge in [0.2, 0.25) is 0 Å².